The Bertz CT molecular complexity index is 963. The normalized spacial score (nSPS) is 10.6. The van der Waals surface area contributed by atoms with Crippen molar-refractivity contribution in [3.05, 3.63) is 86.6 Å². The summed E-state index contributed by atoms with van der Waals surface area (Å²) in [5.41, 5.74) is 4.00. The van der Waals surface area contributed by atoms with Gasteiger partial charge in [0.2, 0.25) is 0 Å². The number of anilines is 1. The second kappa shape index (κ2) is 9.30. The minimum Gasteiger partial charge on any atom is -0.493 e. The zero-order chi connectivity index (χ0) is 20.1. The van der Waals surface area contributed by atoms with E-state index < -0.39 is 0 Å². The third-order valence-corrected chi connectivity index (χ3v) is 5.36. The SMILES string of the molecule is COc1cc(CNc2ccc(C)cc2)c(Br)cc1OCc1ccc(F)cc1Cl. The molecule has 146 valence electrons. The molecule has 0 unspecified atom stereocenters. The Hall–Kier alpha value is -2.24. The highest BCUT2D eigenvalue weighted by atomic mass is 79.9. The second-order valence-corrected chi connectivity index (χ2v) is 7.60. The summed E-state index contributed by atoms with van der Waals surface area (Å²) in [6.45, 7) is 2.90. The lowest BCUT2D eigenvalue weighted by molar-refractivity contribution is 0.284. The molecule has 0 saturated heterocycles. The van der Waals surface area contributed by atoms with Crippen LogP contribution < -0.4 is 14.8 Å². The number of halogens is 3. The molecule has 0 aliphatic heterocycles. The van der Waals surface area contributed by atoms with Crippen LogP contribution in [0.3, 0.4) is 0 Å². The third kappa shape index (κ3) is 5.18. The van der Waals surface area contributed by atoms with Gasteiger partial charge in [-0.2, -0.15) is 0 Å². The van der Waals surface area contributed by atoms with Gasteiger partial charge < -0.3 is 14.8 Å². The number of aryl methyl sites for hydroxylation is 1. The number of ether oxygens (including phenoxy) is 2. The first kappa shape index (κ1) is 20.5. The largest absolute Gasteiger partial charge is 0.493 e. The molecule has 0 aliphatic carbocycles. The van der Waals surface area contributed by atoms with Crippen molar-refractivity contribution >= 4 is 33.2 Å². The van der Waals surface area contributed by atoms with E-state index in [1.165, 1.54) is 17.7 Å². The van der Waals surface area contributed by atoms with Crippen LogP contribution in [0.25, 0.3) is 0 Å². The Morgan fingerprint density at radius 3 is 2.43 bits per heavy atom. The highest BCUT2D eigenvalue weighted by Gasteiger charge is 2.12. The Morgan fingerprint density at radius 2 is 1.75 bits per heavy atom. The number of hydrogen-bond donors (Lipinski definition) is 1. The second-order valence-electron chi connectivity index (χ2n) is 6.34. The van der Waals surface area contributed by atoms with Gasteiger partial charge in [-0.15, -0.1) is 0 Å². The molecule has 0 saturated carbocycles. The van der Waals surface area contributed by atoms with E-state index in [0.29, 0.717) is 28.6 Å². The van der Waals surface area contributed by atoms with Crippen molar-refractivity contribution in [2.75, 3.05) is 12.4 Å². The topological polar surface area (TPSA) is 30.5 Å². The molecule has 0 bridgehead atoms. The van der Waals surface area contributed by atoms with Crippen LogP contribution in [0.15, 0.2) is 59.1 Å². The van der Waals surface area contributed by atoms with Crippen molar-refractivity contribution in [1.82, 2.24) is 0 Å². The molecule has 3 aromatic carbocycles. The molecule has 28 heavy (non-hydrogen) atoms. The number of nitrogens with one attached hydrogen (secondary N) is 1. The van der Waals surface area contributed by atoms with Gasteiger partial charge in [-0.05, 0) is 48.9 Å². The molecule has 0 aliphatic rings. The maximum absolute atomic E-state index is 13.2. The van der Waals surface area contributed by atoms with Crippen molar-refractivity contribution in [3.8, 4) is 11.5 Å². The van der Waals surface area contributed by atoms with E-state index >= 15 is 0 Å². The Balaban J connectivity index is 1.72. The summed E-state index contributed by atoms with van der Waals surface area (Å²) in [5.74, 6) is 0.815. The molecular formula is C22H20BrClFNO2. The van der Waals surface area contributed by atoms with Gasteiger partial charge in [-0.25, -0.2) is 4.39 Å². The van der Waals surface area contributed by atoms with Crippen LogP contribution in [-0.2, 0) is 13.2 Å². The predicted octanol–water partition coefficient (Wildman–Crippen LogP) is 6.75. The van der Waals surface area contributed by atoms with Crippen LogP contribution in [0.4, 0.5) is 10.1 Å². The minimum atomic E-state index is -0.375. The predicted molar refractivity (Wildman–Crippen MR) is 115 cm³/mol. The Labute approximate surface area is 177 Å². The van der Waals surface area contributed by atoms with Crippen LogP contribution in [-0.4, -0.2) is 7.11 Å². The lowest BCUT2D eigenvalue weighted by atomic mass is 10.1. The molecule has 1 N–H and O–H groups in total. The molecule has 0 aromatic heterocycles. The van der Waals surface area contributed by atoms with E-state index in [0.717, 1.165) is 15.7 Å². The van der Waals surface area contributed by atoms with Gasteiger partial charge in [0.1, 0.15) is 12.4 Å². The summed E-state index contributed by atoms with van der Waals surface area (Å²) < 4.78 is 25.4. The first-order valence-corrected chi connectivity index (χ1v) is 9.87. The average Bonchev–Trinajstić information content (AvgIpc) is 2.68. The summed E-state index contributed by atoms with van der Waals surface area (Å²) in [4.78, 5) is 0. The van der Waals surface area contributed by atoms with E-state index in [-0.39, 0.29) is 12.4 Å². The van der Waals surface area contributed by atoms with E-state index in [1.807, 2.05) is 24.3 Å². The average molecular weight is 465 g/mol. The quantitative estimate of drug-likeness (QED) is 0.419. The number of hydrogen-bond acceptors (Lipinski definition) is 3. The van der Waals surface area contributed by atoms with Gasteiger partial charge in [0, 0.05) is 22.3 Å². The van der Waals surface area contributed by atoms with E-state index in [1.54, 1.807) is 13.2 Å². The van der Waals surface area contributed by atoms with E-state index in [2.05, 4.69) is 40.3 Å². The summed E-state index contributed by atoms with van der Waals surface area (Å²) >= 11 is 9.66. The van der Waals surface area contributed by atoms with E-state index in [9.17, 15) is 4.39 Å². The fraction of sp³-hybridized carbons (Fsp3) is 0.182. The lowest BCUT2D eigenvalue weighted by Crippen LogP contribution is -2.03. The van der Waals surface area contributed by atoms with Crippen molar-refractivity contribution in [2.24, 2.45) is 0 Å². The number of benzene rings is 3. The highest BCUT2D eigenvalue weighted by Crippen LogP contribution is 2.35. The van der Waals surface area contributed by atoms with Gasteiger partial charge in [-0.1, -0.05) is 51.3 Å². The molecular weight excluding hydrogens is 445 g/mol. The monoisotopic (exact) mass is 463 g/mol. The van der Waals surface area contributed by atoms with Gasteiger partial charge in [0.05, 0.1) is 12.1 Å². The van der Waals surface area contributed by atoms with E-state index in [4.69, 9.17) is 21.1 Å². The maximum atomic E-state index is 13.2. The summed E-state index contributed by atoms with van der Waals surface area (Å²) in [7, 11) is 1.60. The van der Waals surface area contributed by atoms with Crippen LogP contribution in [0.5, 0.6) is 11.5 Å². The van der Waals surface area contributed by atoms with Crippen molar-refractivity contribution in [1.29, 1.82) is 0 Å². The number of rotatable bonds is 7. The van der Waals surface area contributed by atoms with Crippen molar-refractivity contribution in [3.63, 3.8) is 0 Å². The molecule has 0 atom stereocenters. The maximum Gasteiger partial charge on any atom is 0.162 e. The van der Waals surface area contributed by atoms with Crippen LogP contribution in [0.2, 0.25) is 5.02 Å². The number of methoxy groups -OCH3 is 1. The van der Waals surface area contributed by atoms with Crippen LogP contribution in [0.1, 0.15) is 16.7 Å². The summed E-state index contributed by atoms with van der Waals surface area (Å²) in [6, 6.07) is 16.2. The molecule has 0 fully saturated rings. The fourth-order valence-electron chi connectivity index (χ4n) is 2.65. The van der Waals surface area contributed by atoms with Crippen molar-refractivity contribution < 1.29 is 13.9 Å². The first-order chi connectivity index (χ1) is 13.5. The van der Waals surface area contributed by atoms with Gasteiger partial charge in [0.25, 0.3) is 0 Å². The zero-order valence-electron chi connectivity index (χ0n) is 15.6. The summed E-state index contributed by atoms with van der Waals surface area (Å²) in [5, 5.41) is 3.72. The Kier molecular flexibility index (Phi) is 6.81. The molecule has 3 aromatic rings. The summed E-state index contributed by atoms with van der Waals surface area (Å²) in [6.07, 6.45) is 0. The van der Waals surface area contributed by atoms with Gasteiger partial charge in [-0.3, -0.25) is 0 Å². The minimum absolute atomic E-state index is 0.211. The molecule has 3 rings (SSSR count). The molecule has 0 spiro atoms. The molecule has 0 amide bonds. The van der Waals surface area contributed by atoms with Gasteiger partial charge >= 0.3 is 0 Å². The van der Waals surface area contributed by atoms with Gasteiger partial charge in [0.15, 0.2) is 11.5 Å². The zero-order valence-corrected chi connectivity index (χ0v) is 17.9. The molecule has 6 heteroatoms. The standard InChI is InChI=1S/C22H20BrClFNO2/c1-14-3-7-18(8-4-14)26-12-16-9-21(27-2)22(11-19(16)23)28-13-15-5-6-17(25)10-20(15)24/h3-11,26H,12-13H2,1-2H3. The Morgan fingerprint density at radius 1 is 1.00 bits per heavy atom. The van der Waals surface area contributed by atoms with Crippen LogP contribution in [0, 0.1) is 12.7 Å². The molecule has 0 heterocycles. The third-order valence-electron chi connectivity index (χ3n) is 4.27. The first-order valence-electron chi connectivity index (χ1n) is 8.70. The van der Waals surface area contributed by atoms with Crippen LogP contribution >= 0.6 is 27.5 Å². The smallest absolute Gasteiger partial charge is 0.162 e. The molecule has 3 nitrogen and oxygen atoms in total. The lowest BCUT2D eigenvalue weighted by Gasteiger charge is -2.15. The fourth-order valence-corrected chi connectivity index (χ4v) is 3.33. The highest BCUT2D eigenvalue weighted by molar-refractivity contribution is 9.10. The van der Waals surface area contributed by atoms with Crippen molar-refractivity contribution in [2.45, 2.75) is 20.1 Å². The molecule has 0 radical (unpaired) electrons.